The molecule has 0 atom stereocenters. The van der Waals surface area contributed by atoms with Gasteiger partial charge in [0, 0.05) is 36.4 Å². The summed E-state index contributed by atoms with van der Waals surface area (Å²) in [7, 11) is 0. The van der Waals surface area contributed by atoms with Gasteiger partial charge in [-0.2, -0.15) is 4.98 Å². The quantitative estimate of drug-likeness (QED) is 0.166. The van der Waals surface area contributed by atoms with Crippen molar-refractivity contribution in [3.05, 3.63) is 80.3 Å². The molecule has 6 nitrogen and oxygen atoms in total. The van der Waals surface area contributed by atoms with Crippen LogP contribution in [0.5, 0.6) is 0 Å². The van der Waals surface area contributed by atoms with Gasteiger partial charge in [-0.3, -0.25) is 0 Å². The number of hydrogen-bond donors (Lipinski definition) is 3. The summed E-state index contributed by atoms with van der Waals surface area (Å²) in [6.45, 7) is 8.57. The summed E-state index contributed by atoms with van der Waals surface area (Å²) in [6, 6.07) is 17.0. The number of rotatable bonds is 11. The van der Waals surface area contributed by atoms with Gasteiger partial charge in [0.25, 0.3) is 0 Å². The first-order chi connectivity index (χ1) is 17.9. The van der Waals surface area contributed by atoms with E-state index in [2.05, 4.69) is 40.8 Å². The molecule has 0 bridgehead atoms. The van der Waals surface area contributed by atoms with Crippen LogP contribution >= 0.6 is 46.4 Å². The van der Waals surface area contributed by atoms with Crippen molar-refractivity contribution in [2.24, 2.45) is 0 Å². The van der Waals surface area contributed by atoms with Gasteiger partial charge in [-0.25, -0.2) is 4.98 Å². The molecule has 194 valence electrons. The number of aromatic nitrogens is 2. The third kappa shape index (κ3) is 7.30. The van der Waals surface area contributed by atoms with E-state index in [0.717, 1.165) is 59.8 Å². The minimum atomic E-state index is 0.461. The number of fused-ring (bicyclic) bond motifs is 1. The number of nitrogens with zero attached hydrogens (tertiary/aromatic N) is 3. The Hall–Kier alpha value is -2.48. The van der Waals surface area contributed by atoms with Gasteiger partial charge in [-0.1, -0.05) is 66.3 Å². The van der Waals surface area contributed by atoms with Gasteiger partial charge < -0.3 is 20.9 Å². The molecule has 0 amide bonds. The van der Waals surface area contributed by atoms with Gasteiger partial charge in [0.1, 0.15) is 5.82 Å². The van der Waals surface area contributed by atoms with Crippen LogP contribution in [0.15, 0.2) is 54.6 Å². The molecule has 0 spiro atoms. The van der Waals surface area contributed by atoms with Crippen LogP contribution in [0, 0.1) is 0 Å². The Morgan fingerprint density at radius 2 is 1.43 bits per heavy atom. The number of halogens is 4. The normalized spacial score (nSPS) is 11.2. The summed E-state index contributed by atoms with van der Waals surface area (Å²) in [4.78, 5) is 11.9. The van der Waals surface area contributed by atoms with Gasteiger partial charge in [0.15, 0.2) is 0 Å². The van der Waals surface area contributed by atoms with Crippen molar-refractivity contribution in [1.29, 1.82) is 0 Å². The van der Waals surface area contributed by atoms with Crippen LogP contribution in [0.4, 0.5) is 23.1 Å². The van der Waals surface area contributed by atoms with Gasteiger partial charge in [0.2, 0.25) is 5.95 Å². The second-order valence-corrected chi connectivity index (χ2v) is 10.1. The monoisotopic (exact) mass is 576 g/mol. The molecule has 0 unspecified atom stereocenters. The van der Waals surface area contributed by atoms with E-state index in [4.69, 9.17) is 56.4 Å². The van der Waals surface area contributed by atoms with Crippen LogP contribution in [0.3, 0.4) is 0 Å². The smallest absolute Gasteiger partial charge is 0.229 e. The molecule has 1 heterocycles. The summed E-state index contributed by atoms with van der Waals surface area (Å²) in [5.74, 6) is 1.21. The average molecular weight is 578 g/mol. The lowest BCUT2D eigenvalue weighted by Crippen LogP contribution is -2.28. The first kappa shape index (κ1) is 27.6. The maximum Gasteiger partial charge on any atom is 0.229 e. The predicted octanol–water partition coefficient (Wildman–Crippen LogP) is 8.35. The van der Waals surface area contributed by atoms with Crippen molar-refractivity contribution in [3.8, 4) is 0 Å². The molecule has 3 N–H and O–H groups in total. The van der Waals surface area contributed by atoms with Gasteiger partial charge in [0.05, 0.1) is 25.6 Å². The molecule has 0 saturated carbocycles. The highest BCUT2D eigenvalue weighted by molar-refractivity contribution is 6.42. The number of nitrogens with one attached hydrogen (secondary N) is 3. The predicted molar refractivity (Wildman–Crippen MR) is 159 cm³/mol. The van der Waals surface area contributed by atoms with Crippen molar-refractivity contribution in [2.45, 2.75) is 20.4 Å². The fourth-order valence-electron chi connectivity index (χ4n) is 3.86. The van der Waals surface area contributed by atoms with Crippen molar-refractivity contribution in [3.63, 3.8) is 0 Å². The second kappa shape index (κ2) is 12.9. The molecule has 10 heteroatoms. The zero-order chi connectivity index (χ0) is 26.4. The maximum atomic E-state index is 6.19. The number of benzene rings is 3. The Morgan fingerprint density at radius 1 is 0.730 bits per heavy atom. The van der Waals surface area contributed by atoms with Crippen LogP contribution in [0.2, 0.25) is 20.1 Å². The molecule has 0 radical (unpaired) electrons. The Kier molecular flexibility index (Phi) is 9.57. The molecule has 0 aliphatic carbocycles. The van der Waals surface area contributed by atoms with E-state index in [1.165, 1.54) is 0 Å². The van der Waals surface area contributed by atoms with Crippen LogP contribution in [0.25, 0.3) is 10.9 Å². The summed E-state index contributed by atoms with van der Waals surface area (Å²) in [5.41, 5.74) is 3.54. The van der Waals surface area contributed by atoms with E-state index in [-0.39, 0.29) is 0 Å². The van der Waals surface area contributed by atoms with E-state index in [9.17, 15) is 0 Å². The molecular formula is C27H28Cl4N6. The Labute approximate surface area is 237 Å². The maximum absolute atomic E-state index is 6.19. The van der Waals surface area contributed by atoms with Crippen molar-refractivity contribution >= 4 is 80.4 Å². The molecule has 37 heavy (non-hydrogen) atoms. The van der Waals surface area contributed by atoms with Gasteiger partial charge in [-0.15, -0.1) is 0 Å². The topological polar surface area (TPSA) is 65.1 Å². The van der Waals surface area contributed by atoms with Crippen LogP contribution in [0.1, 0.15) is 19.4 Å². The van der Waals surface area contributed by atoms with Gasteiger partial charge in [-0.05, 0) is 67.2 Å². The van der Waals surface area contributed by atoms with E-state index in [1.807, 2.05) is 30.3 Å². The fraction of sp³-hybridized carbons (Fsp3) is 0.259. The van der Waals surface area contributed by atoms with Crippen molar-refractivity contribution in [1.82, 2.24) is 14.9 Å². The third-order valence-electron chi connectivity index (χ3n) is 5.97. The van der Waals surface area contributed by atoms with E-state index < -0.39 is 0 Å². The third-order valence-corrected chi connectivity index (χ3v) is 7.45. The van der Waals surface area contributed by atoms with Crippen LogP contribution in [-0.4, -0.2) is 41.0 Å². The van der Waals surface area contributed by atoms with E-state index >= 15 is 0 Å². The second-order valence-electron chi connectivity index (χ2n) is 8.44. The van der Waals surface area contributed by atoms with Gasteiger partial charge >= 0.3 is 0 Å². The Balaban J connectivity index is 1.60. The first-order valence-electron chi connectivity index (χ1n) is 12.0. The summed E-state index contributed by atoms with van der Waals surface area (Å²) in [5, 5.41) is 13.1. The molecule has 0 saturated heterocycles. The zero-order valence-corrected chi connectivity index (χ0v) is 23.6. The minimum Gasteiger partial charge on any atom is -0.381 e. The molecule has 3 aromatic carbocycles. The highest BCUT2D eigenvalue weighted by atomic mass is 35.5. The lowest BCUT2D eigenvalue weighted by Gasteiger charge is -2.19. The Morgan fingerprint density at radius 3 is 2.14 bits per heavy atom. The zero-order valence-electron chi connectivity index (χ0n) is 20.6. The summed E-state index contributed by atoms with van der Waals surface area (Å²) < 4.78 is 0. The lowest BCUT2D eigenvalue weighted by molar-refractivity contribution is 0.316. The SMILES string of the molecule is CCN(CC)CCNc1nc(Nc2ccc(Cl)c(Cl)c2)nc2ccc(NCc3ccc(Cl)c(Cl)c3)cc12. The van der Waals surface area contributed by atoms with Crippen molar-refractivity contribution < 1.29 is 0 Å². The standard InChI is InChI=1S/C27H28Cl4N6/c1-3-37(4-2)12-11-32-26-20-14-18(33-16-17-5-8-21(28)23(30)13-17)7-10-25(20)35-27(36-26)34-19-6-9-22(29)24(31)15-19/h5-10,13-15,33H,3-4,11-12,16H2,1-2H3,(H2,32,34,35,36). The molecular weight excluding hydrogens is 550 g/mol. The molecule has 0 aliphatic rings. The largest absolute Gasteiger partial charge is 0.381 e. The van der Waals surface area contributed by atoms with Crippen LogP contribution in [-0.2, 0) is 6.54 Å². The fourth-order valence-corrected chi connectivity index (χ4v) is 4.48. The van der Waals surface area contributed by atoms with Crippen molar-refractivity contribution in [2.75, 3.05) is 42.1 Å². The van der Waals surface area contributed by atoms with E-state index in [1.54, 1.807) is 18.2 Å². The molecule has 4 aromatic rings. The summed E-state index contributed by atoms with van der Waals surface area (Å²) >= 11 is 24.5. The minimum absolute atomic E-state index is 0.461. The molecule has 1 aromatic heterocycles. The van der Waals surface area contributed by atoms with E-state index in [0.29, 0.717) is 32.6 Å². The number of hydrogen-bond acceptors (Lipinski definition) is 6. The average Bonchev–Trinajstić information content (AvgIpc) is 2.89. The molecule has 4 rings (SSSR count). The number of anilines is 4. The highest BCUT2D eigenvalue weighted by Gasteiger charge is 2.11. The molecule has 0 fully saturated rings. The van der Waals surface area contributed by atoms with Crippen LogP contribution < -0.4 is 16.0 Å². The Bertz CT molecular complexity index is 1380. The molecule has 0 aliphatic heterocycles. The lowest BCUT2D eigenvalue weighted by atomic mass is 10.2. The summed E-state index contributed by atoms with van der Waals surface area (Å²) in [6.07, 6.45) is 0. The number of likely N-dealkylation sites (N-methyl/N-ethyl adjacent to an activating group) is 1. The highest BCUT2D eigenvalue weighted by Crippen LogP contribution is 2.30. The first-order valence-corrected chi connectivity index (χ1v) is 13.5.